The highest BCUT2D eigenvalue weighted by Crippen LogP contribution is 2.52. The summed E-state index contributed by atoms with van der Waals surface area (Å²) >= 11 is 0. The van der Waals surface area contributed by atoms with Crippen LogP contribution in [0.3, 0.4) is 0 Å². The van der Waals surface area contributed by atoms with Crippen LogP contribution < -0.4 is 4.90 Å². The van der Waals surface area contributed by atoms with Gasteiger partial charge in [0.05, 0.1) is 5.69 Å². The Kier molecular flexibility index (Phi) is 7.91. The molecule has 0 amide bonds. The molecular weight excluding hydrogens is 699 g/mol. The van der Waals surface area contributed by atoms with Crippen LogP contribution in [0, 0.1) is 0 Å². The third kappa shape index (κ3) is 5.31. The summed E-state index contributed by atoms with van der Waals surface area (Å²) in [7, 11) is 0. The maximum atomic E-state index is 2.48. The van der Waals surface area contributed by atoms with Gasteiger partial charge in [-0.2, -0.15) is 0 Å². The van der Waals surface area contributed by atoms with Crippen molar-refractivity contribution in [2.45, 2.75) is 19.3 Å². The Labute approximate surface area is 340 Å². The maximum absolute atomic E-state index is 2.48. The second-order valence-electron chi connectivity index (χ2n) is 16.0. The fourth-order valence-corrected chi connectivity index (χ4v) is 9.75. The third-order valence-corrected chi connectivity index (χ3v) is 12.4. The first kappa shape index (κ1) is 34.1. The Hall–Kier alpha value is -7.22. The van der Waals surface area contributed by atoms with Crippen LogP contribution in [0.1, 0.15) is 25.0 Å². The van der Waals surface area contributed by atoms with Crippen LogP contribution in [-0.4, -0.2) is 0 Å². The number of hydrogen-bond donors (Lipinski definition) is 0. The van der Waals surface area contributed by atoms with Crippen LogP contribution in [0.2, 0.25) is 0 Å². The van der Waals surface area contributed by atoms with Gasteiger partial charge in [-0.3, -0.25) is 0 Å². The van der Waals surface area contributed by atoms with Crippen LogP contribution >= 0.6 is 0 Å². The van der Waals surface area contributed by atoms with Crippen molar-refractivity contribution < 1.29 is 0 Å². The number of fused-ring (bicyclic) bond motifs is 6. The van der Waals surface area contributed by atoms with E-state index in [1.165, 1.54) is 88.0 Å². The van der Waals surface area contributed by atoms with Gasteiger partial charge in [-0.25, -0.2) is 0 Å². The van der Waals surface area contributed by atoms with Gasteiger partial charge in [0, 0.05) is 22.4 Å². The lowest BCUT2D eigenvalue weighted by Crippen LogP contribution is -2.17. The first-order valence-electron chi connectivity index (χ1n) is 20.3. The molecule has 274 valence electrons. The molecule has 0 saturated heterocycles. The molecule has 0 aromatic heterocycles. The first-order chi connectivity index (χ1) is 28.6. The van der Waals surface area contributed by atoms with Crippen LogP contribution in [-0.2, 0) is 5.41 Å². The summed E-state index contributed by atoms with van der Waals surface area (Å²) in [5, 5.41) is 7.50. The van der Waals surface area contributed by atoms with Gasteiger partial charge in [-0.05, 0) is 113 Å². The summed E-state index contributed by atoms with van der Waals surface area (Å²) in [6.07, 6.45) is 0. The molecule has 0 unspecified atom stereocenters. The van der Waals surface area contributed by atoms with E-state index < -0.39 is 0 Å². The smallest absolute Gasteiger partial charge is 0.0546 e. The lowest BCUT2D eigenvalue weighted by molar-refractivity contribution is 0.660. The van der Waals surface area contributed by atoms with Gasteiger partial charge in [0.25, 0.3) is 0 Å². The normalized spacial score (nSPS) is 12.8. The van der Waals surface area contributed by atoms with Crippen LogP contribution in [0.5, 0.6) is 0 Å². The minimum atomic E-state index is -0.128. The van der Waals surface area contributed by atoms with E-state index in [0.717, 1.165) is 17.1 Å². The summed E-state index contributed by atoms with van der Waals surface area (Å²) in [6, 6.07) is 78.2. The van der Waals surface area contributed by atoms with E-state index in [4.69, 9.17) is 0 Å². The Morgan fingerprint density at radius 3 is 1.41 bits per heavy atom. The second kappa shape index (κ2) is 13.5. The average molecular weight is 740 g/mol. The quantitative estimate of drug-likeness (QED) is 0.154. The molecule has 0 radical (unpaired) electrons. The van der Waals surface area contributed by atoms with E-state index in [1.54, 1.807) is 0 Å². The highest BCUT2D eigenvalue weighted by atomic mass is 15.1. The number of nitrogens with zero attached hydrogens (tertiary/aromatic N) is 1. The molecule has 0 fully saturated rings. The molecule has 0 heterocycles. The van der Waals surface area contributed by atoms with Gasteiger partial charge >= 0.3 is 0 Å². The average Bonchev–Trinajstić information content (AvgIpc) is 3.51. The van der Waals surface area contributed by atoms with Crippen molar-refractivity contribution in [3.8, 4) is 44.5 Å². The predicted molar refractivity (Wildman–Crippen MR) is 248 cm³/mol. The molecular formula is C57H41N. The Morgan fingerprint density at radius 2 is 0.793 bits per heavy atom. The van der Waals surface area contributed by atoms with Crippen molar-refractivity contribution in [3.63, 3.8) is 0 Å². The largest absolute Gasteiger partial charge is 0.310 e. The molecule has 58 heavy (non-hydrogen) atoms. The topological polar surface area (TPSA) is 3.24 Å². The number of rotatable bonds is 6. The number of benzene rings is 10. The molecule has 1 heteroatoms. The summed E-state index contributed by atoms with van der Waals surface area (Å²) in [6.45, 7) is 4.73. The minimum absolute atomic E-state index is 0.128. The van der Waals surface area contributed by atoms with Crippen molar-refractivity contribution in [3.05, 3.63) is 223 Å². The van der Waals surface area contributed by atoms with E-state index in [0.29, 0.717) is 0 Å². The Bertz CT molecular complexity index is 3120. The molecule has 0 saturated carbocycles. The Balaban J connectivity index is 1.14. The van der Waals surface area contributed by atoms with E-state index in [-0.39, 0.29) is 5.41 Å². The molecule has 10 aromatic carbocycles. The maximum Gasteiger partial charge on any atom is 0.0546 e. The molecule has 10 aromatic rings. The minimum Gasteiger partial charge on any atom is -0.310 e. The molecule has 0 bridgehead atoms. The molecule has 0 spiro atoms. The number of anilines is 3. The second-order valence-corrected chi connectivity index (χ2v) is 16.0. The SMILES string of the molecule is CC1(C)c2ccccc2-c2ccc(N(c3ccc(-c4c5ccccc5c(-c5ccccc5)c5ccccc45)cc3)c3ccc4ccccc4c3-c3ccccc3)cc21. The lowest BCUT2D eigenvalue weighted by Gasteiger charge is -2.30. The van der Waals surface area contributed by atoms with Crippen LogP contribution in [0.25, 0.3) is 76.8 Å². The van der Waals surface area contributed by atoms with Crippen molar-refractivity contribution in [1.29, 1.82) is 0 Å². The zero-order chi connectivity index (χ0) is 38.8. The summed E-state index contributed by atoms with van der Waals surface area (Å²) < 4.78 is 0. The monoisotopic (exact) mass is 739 g/mol. The molecule has 0 N–H and O–H groups in total. The predicted octanol–water partition coefficient (Wildman–Crippen LogP) is 15.9. The van der Waals surface area contributed by atoms with Gasteiger partial charge in [-0.1, -0.05) is 196 Å². The zero-order valence-electron chi connectivity index (χ0n) is 32.7. The highest BCUT2D eigenvalue weighted by molar-refractivity contribution is 6.21. The lowest BCUT2D eigenvalue weighted by atomic mass is 9.82. The molecule has 0 atom stereocenters. The van der Waals surface area contributed by atoms with Gasteiger partial charge in [0.15, 0.2) is 0 Å². The van der Waals surface area contributed by atoms with Crippen LogP contribution in [0.4, 0.5) is 17.1 Å². The van der Waals surface area contributed by atoms with Crippen molar-refractivity contribution >= 4 is 49.4 Å². The molecule has 11 rings (SSSR count). The fraction of sp³-hybridized carbons (Fsp3) is 0.0526. The van der Waals surface area contributed by atoms with E-state index in [9.17, 15) is 0 Å². The van der Waals surface area contributed by atoms with Crippen molar-refractivity contribution in [2.24, 2.45) is 0 Å². The summed E-state index contributed by atoms with van der Waals surface area (Å²) in [5.41, 5.74) is 16.0. The van der Waals surface area contributed by atoms with Gasteiger partial charge in [0.1, 0.15) is 0 Å². The van der Waals surface area contributed by atoms with Crippen LogP contribution in [0.15, 0.2) is 212 Å². The third-order valence-electron chi connectivity index (χ3n) is 12.4. The summed E-state index contributed by atoms with van der Waals surface area (Å²) in [4.78, 5) is 2.48. The van der Waals surface area contributed by atoms with Crippen molar-refractivity contribution in [1.82, 2.24) is 0 Å². The summed E-state index contributed by atoms with van der Waals surface area (Å²) in [5.74, 6) is 0. The fourth-order valence-electron chi connectivity index (χ4n) is 9.75. The molecule has 0 aliphatic heterocycles. The molecule has 1 aliphatic rings. The van der Waals surface area contributed by atoms with E-state index in [2.05, 4.69) is 231 Å². The molecule has 1 aliphatic carbocycles. The molecule has 1 nitrogen and oxygen atoms in total. The number of hydrogen-bond acceptors (Lipinski definition) is 1. The van der Waals surface area contributed by atoms with E-state index >= 15 is 0 Å². The standard InChI is InChI=1S/C57H41N/c1-57(2)51-28-16-15-23-45(51)46-35-34-43(37-52(46)57)58(53-36-31-38-17-9-10-22-44(38)56(53)40-20-7-4-8-21-40)42-32-29-41(30-33-42)55-49-26-13-11-24-47(49)54(39-18-5-3-6-19-39)48-25-12-14-27-50(48)55/h3-37H,1-2H3. The highest BCUT2D eigenvalue weighted by Gasteiger charge is 2.36. The Morgan fingerprint density at radius 1 is 0.328 bits per heavy atom. The zero-order valence-corrected chi connectivity index (χ0v) is 32.7. The van der Waals surface area contributed by atoms with Gasteiger partial charge < -0.3 is 4.90 Å². The van der Waals surface area contributed by atoms with Gasteiger partial charge in [0.2, 0.25) is 0 Å². The van der Waals surface area contributed by atoms with Crippen molar-refractivity contribution in [2.75, 3.05) is 4.90 Å². The van der Waals surface area contributed by atoms with E-state index in [1.807, 2.05) is 0 Å². The van der Waals surface area contributed by atoms with Gasteiger partial charge in [-0.15, -0.1) is 0 Å². The first-order valence-corrected chi connectivity index (χ1v) is 20.3.